The van der Waals surface area contributed by atoms with Crippen LogP contribution in [0.2, 0.25) is 10.0 Å². The molecular formula is C17H16Cl2N2O3. The van der Waals surface area contributed by atoms with Crippen LogP contribution >= 0.6 is 23.2 Å². The maximum Gasteiger partial charge on any atom is 0.313 e. The van der Waals surface area contributed by atoms with Crippen molar-refractivity contribution in [3.8, 4) is 5.75 Å². The number of ether oxygens (including phenoxy) is 1. The third kappa shape index (κ3) is 5.15. The van der Waals surface area contributed by atoms with E-state index in [1.54, 1.807) is 13.2 Å². The van der Waals surface area contributed by atoms with Crippen LogP contribution in [0.25, 0.3) is 0 Å². The Morgan fingerprint density at radius 3 is 2.38 bits per heavy atom. The Hall–Kier alpha value is -2.24. The smallest absolute Gasteiger partial charge is 0.313 e. The topological polar surface area (TPSA) is 67.4 Å². The largest absolute Gasteiger partial charge is 0.497 e. The van der Waals surface area contributed by atoms with Gasteiger partial charge in [0.2, 0.25) is 0 Å². The Kier molecular flexibility index (Phi) is 6.46. The number of benzene rings is 2. The number of hydrogen-bond donors (Lipinski definition) is 2. The molecule has 0 radical (unpaired) electrons. The van der Waals surface area contributed by atoms with Crippen LogP contribution < -0.4 is 15.4 Å². The first-order chi connectivity index (χ1) is 11.5. The van der Waals surface area contributed by atoms with Crippen molar-refractivity contribution in [2.45, 2.75) is 6.42 Å². The lowest BCUT2D eigenvalue weighted by atomic mass is 10.1. The molecule has 2 N–H and O–H groups in total. The highest BCUT2D eigenvalue weighted by Gasteiger charge is 2.14. The number of nitrogens with one attached hydrogen (secondary N) is 2. The van der Waals surface area contributed by atoms with Gasteiger partial charge < -0.3 is 15.4 Å². The van der Waals surface area contributed by atoms with Crippen molar-refractivity contribution < 1.29 is 14.3 Å². The monoisotopic (exact) mass is 366 g/mol. The standard InChI is InChI=1S/C17H16Cl2N2O3/c1-24-13-5-2-11(3-6-13)8-9-20-16(22)17(23)21-15-7-4-12(18)10-14(15)19/h2-7,10H,8-9H2,1H3,(H,20,22)(H,21,23). The van der Waals surface area contributed by atoms with Crippen molar-refractivity contribution in [3.63, 3.8) is 0 Å². The van der Waals surface area contributed by atoms with Gasteiger partial charge in [-0.05, 0) is 42.3 Å². The maximum atomic E-state index is 11.8. The van der Waals surface area contributed by atoms with Crippen LogP contribution in [0.4, 0.5) is 5.69 Å². The zero-order valence-electron chi connectivity index (χ0n) is 12.9. The second-order valence-corrected chi connectivity index (χ2v) is 5.78. The average molecular weight is 367 g/mol. The van der Waals surface area contributed by atoms with E-state index in [-0.39, 0.29) is 5.02 Å². The van der Waals surface area contributed by atoms with Crippen molar-refractivity contribution >= 4 is 40.7 Å². The molecule has 2 aromatic carbocycles. The quantitative estimate of drug-likeness (QED) is 0.797. The maximum absolute atomic E-state index is 11.8. The number of carbonyl (C=O) groups excluding carboxylic acids is 2. The van der Waals surface area contributed by atoms with E-state index in [2.05, 4.69) is 10.6 Å². The Balaban J connectivity index is 1.81. The molecule has 2 aromatic rings. The van der Waals surface area contributed by atoms with Gasteiger partial charge in [-0.3, -0.25) is 9.59 Å². The fourth-order valence-electron chi connectivity index (χ4n) is 1.96. The molecule has 0 aliphatic heterocycles. The van der Waals surface area contributed by atoms with Gasteiger partial charge in [-0.1, -0.05) is 35.3 Å². The Labute approximate surface area is 149 Å². The molecule has 0 bridgehead atoms. The molecule has 0 unspecified atom stereocenters. The van der Waals surface area contributed by atoms with Crippen molar-refractivity contribution in [2.75, 3.05) is 19.0 Å². The SMILES string of the molecule is COc1ccc(CCNC(=O)C(=O)Nc2ccc(Cl)cc2Cl)cc1. The summed E-state index contributed by atoms with van der Waals surface area (Å²) in [4.78, 5) is 23.6. The summed E-state index contributed by atoms with van der Waals surface area (Å²) in [5.41, 5.74) is 1.36. The second kappa shape index (κ2) is 8.57. The molecule has 2 amide bonds. The zero-order chi connectivity index (χ0) is 17.5. The first kappa shape index (κ1) is 18.1. The highest BCUT2D eigenvalue weighted by molar-refractivity contribution is 6.42. The van der Waals surface area contributed by atoms with E-state index in [1.165, 1.54) is 12.1 Å². The molecule has 0 aliphatic rings. The first-order valence-corrected chi connectivity index (χ1v) is 7.92. The van der Waals surface area contributed by atoms with E-state index in [0.29, 0.717) is 23.7 Å². The molecule has 24 heavy (non-hydrogen) atoms. The third-order valence-corrected chi connectivity index (χ3v) is 3.79. The Morgan fingerprint density at radius 2 is 1.75 bits per heavy atom. The van der Waals surface area contributed by atoms with Crippen LogP contribution in [0.15, 0.2) is 42.5 Å². The van der Waals surface area contributed by atoms with Gasteiger partial charge in [-0.25, -0.2) is 0 Å². The van der Waals surface area contributed by atoms with E-state index in [0.717, 1.165) is 11.3 Å². The molecule has 0 spiro atoms. The molecule has 0 aliphatic carbocycles. The first-order valence-electron chi connectivity index (χ1n) is 7.17. The molecule has 0 heterocycles. The summed E-state index contributed by atoms with van der Waals surface area (Å²) in [6, 6.07) is 12.1. The van der Waals surface area contributed by atoms with Gasteiger partial charge in [-0.2, -0.15) is 0 Å². The van der Waals surface area contributed by atoms with Crippen LogP contribution in [0.5, 0.6) is 5.75 Å². The van der Waals surface area contributed by atoms with E-state index < -0.39 is 11.8 Å². The van der Waals surface area contributed by atoms with E-state index >= 15 is 0 Å². The highest BCUT2D eigenvalue weighted by Crippen LogP contribution is 2.25. The molecular weight excluding hydrogens is 351 g/mol. The van der Waals surface area contributed by atoms with E-state index in [9.17, 15) is 9.59 Å². The van der Waals surface area contributed by atoms with Gasteiger partial charge in [0.1, 0.15) is 5.75 Å². The van der Waals surface area contributed by atoms with Gasteiger partial charge in [0.25, 0.3) is 0 Å². The number of rotatable bonds is 5. The minimum atomic E-state index is -0.783. The fraction of sp³-hybridized carbons (Fsp3) is 0.176. The molecule has 0 aromatic heterocycles. The lowest BCUT2D eigenvalue weighted by molar-refractivity contribution is -0.136. The minimum absolute atomic E-state index is 0.266. The van der Waals surface area contributed by atoms with Gasteiger partial charge in [0.15, 0.2) is 0 Å². The van der Waals surface area contributed by atoms with Gasteiger partial charge in [0.05, 0.1) is 17.8 Å². The van der Waals surface area contributed by atoms with Crippen LogP contribution in [0, 0.1) is 0 Å². The van der Waals surface area contributed by atoms with Gasteiger partial charge in [-0.15, -0.1) is 0 Å². The number of hydrogen-bond acceptors (Lipinski definition) is 3. The van der Waals surface area contributed by atoms with Gasteiger partial charge in [0, 0.05) is 11.6 Å². The van der Waals surface area contributed by atoms with Crippen molar-refractivity contribution in [3.05, 3.63) is 58.1 Å². The predicted octanol–water partition coefficient (Wildman–Crippen LogP) is 3.30. The predicted molar refractivity (Wildman–Crippen MR) is 94.8 cm³/mol. The summed E-state index contributed by atoms with van der Waals surface area (Å²) < 4.78 is 5.08. The lowest BCUT2D eigenvalue weighted by Gasteiger charge is -2.08. The van der Waals surface area contributed by atoms with Crippen LogP contribution in [-0.2, 0) is 16.0 Å². The molecule has 2 rings (SSSR count). The number of amides is 2. The summed E-state index contributed by atoms with van der Waals surface area (Å²) in [5.74, 6) is -0.745. The number of halogens is 2. The zero-order valence-corrected chi connectivity index (χ0v) is 14.4. The number of methoxy groups -OCH3 is 1. The van der Waals surface area contributed by atoms with Crippen molar-refractivity contribution in [1.29, 1.82) is 0 Å². The third-order valence-electron chi connectivity index (χ3n) is 3.24. The molecule has 0 saturated heterocycles. The number of anilines is 1. The van der Waals surface area contributed by atoms with E-state index in [1.807, 2.05) is 24.3 Å². The molecule has 0 saturated carbocycles. The summed E-state index contributed by atoms with van der Waals surface area (Å²) in [5, 5.41) is 5.71. The molecule has 7 heteroatoms. The summed E-state index contributed by atoms with van der Waals surface area (Å²) in [7, 11) is 1.60. The van der Waals surface area contributed by atoms with Crippen molar-refractivity contribution in [1.82, 2.24) is 5.32 Å². The normalized spacial score (nSPS) is 10.1. The average Bonchev–Trinajstić information content (AvgIpc) is 2.57. The number of carbonyl (C=O) groups is 2. The van der Waals surface area contributed by atoms with E-state index in [4.69, 9.17) is 27.9 Å². The lowest BCUT2D eigenvalue weighted by Crippen LogP contribution is -2.36. The van der Waals surface area contributed by atoms with Crippen LogP contribution in [0.1, 0.15) is 5.56 Å². The molecule has 126 valence electrons. The summed E-state index contributed by atoms with van der Waals surface area (Å²) in [6.45, 7) is 0.340. The fourth-order valence-corrected chi connectivity index (χ4v) is 2.42. The van der Waals surface area contributed by atoms with Gasteiger partial charge >= 0.3 is 11.8 Å². The Morgan fingerprint density at radius 1 is 1.04 bits per heavy atom. The van der Waals surface area contributed by atoms with Crippen LogP contribution in [0.3, 0.4) is 0 Å². The van der Waals surface area contributed by atoms with Crippen molar-refractivity contribution in [2.24, 2.45) is 0 Å². The molecule has 0 fully saturated rings. The second-order valence-electron chi connectivity index (χ2n) is 4.93. The molecule has 5 nitrogen and oxygen atoms in total. The molecule has 0 atom stereocenters. The highest BCUT2D eigenvalue weighted by atomic mass is 35.5. The minimum Gasteiger partial charge on any atom is -0.497 e. The van der Waals surface area contributed by atoms with Crippen LogP contribution in [-0.4, -0.2) is 25.5 Å². The summed E-state index contributed by atoms with van der Waals surface area (Å²) >= 11 is 11.7. The summed E-state index contributed by atoms with van der Waals surface area (Å²) in [6.07, 6.45) is 0.602. The Bertz CT molecular complexity index is 733.